The summed E-state index contributed by atoms with van der Waals surface area (Å²) >= 11 is 3.43. The monoisotopic (exact) mass is 548 g/mol. The molecule has 0 aliphatic carbocycles. The van der Waals surface area contributed by atoms with Crippen LogP contribution in [0.4, 0.5) is 11.4 Å². The van der Waals surface area contributed by atoms with Gasteiger partial charge >= 0.3 is 0 Å². The Bertz CT molecular complexity index is 1640. The van der Waals surface area contributed by atoms with E-state index < -0.39 is 17.9 Å². The van der Waals surface area contributed by atoms with Gasteiger partial charge in [0.05, 0.1) is 23.6 Å². The zero-order chi connectivity index (χ0) is 25.3. The maximum Gasteiger partial charge on any atom is 0.240 e. The number of benzene rings is 4. The minimum absolute atomic E-state index is 0.156. The van der Waals surface area contributed by atoms with E-state index in [0.29, 0.717) is 11.3 Å². The van der Waals surface area contributed by atoms with Gasteiger partial charge in [-0.15, -0.1) is 0 Å². The fourth-order valence-electron chi connectivity index (χ4n) is 6.24. The van der Waals surface area contributed by atoms with Crippen LogP contribution < -0.4 is 9.80 Å². The highest BCUT2D eigenvalue weighted by molar-refractivity contribution is 9.10. The molecule has 37 heavy (non-hydrogen) atoms. The van der Waals surface area contributed by atoms with Gasteiger partial charge in [0, 0.05) is 21.1 Å². The number of carbonyl (C=O) groups excluding carboxylic acids is 3. The molecule has 0 unspecified atom stereocenters. The largest absolute Gasteiger partial charge is 0.352 e. The summed E-state index contributed by atoms with van der Waals surface area (Å²) in [7, 11) is 0. The van der Waals surface area contributed by atoms with Crippen molar-refractivity contribution in [1.29, 1.82) is 0 Å². The molecule has 0 radical (unpaired) electrons. The van der Waals surface area contributed by atoms with Gasteiger partial charge in [0.15, 0.2) is 5.78 Å². The number of amides is 2. The van der Waals surface area contributed by atoms with Crippen molar-refractivity contribution in [2.24, 2.45) is 11.8 Å². The average molecular weight is 549 g/mol. The first-order valence-corrected chi connectivity index (χ1v) is 13.0. The van der Waals surface area contributed by atoms with Crippen molar-refractivity contribution < 1.29 is 14.4 Å². The van der Waals surface area contributed by atoms with Gasteiger partial charge in [0.25, 0.3) is 0 Å². The number of hydrogen-bond donors (Lipinski definition) is 0. The van der Waals surface area contributed by atoms with Gasteiger partial charge < -0.3 is 4.90 Å². The predicted molar refractivity (Wildman–Crippen MR) is 147 cm³/mol. The molecule has 4 aromatic rings. The summed E-state index contributed by atoms with van der Waals surface area (Å²) in [4.78, 5) is 45.7. The van der Waals surface area contributed by atoms with E-state index in [1.54, 1.807) is 12.1 Å². The Balaban J connectivity index is 1.39. The van der Waals surface area contributed by atoms with Gasteiger partial charge in [-0.2, -0.15) is 0 Å². The van der Waals surface area contributed by atoms with E-state index in [1.807, 2.05) is 95.9 Å². The molecule has 4 atom stereocenters. The van der Waals surface area contributed by atoms with Crippen LogP contribution in [-0.2, 0) is 9.59 Å². The molecule has 6 heteroatoms. The van der Waals surface area contributed by atoms with Crippen LogP contribution in [0.5, 0.6) is 0 Å². The van der Waals surface area contributed by atoms with Crippen LogP contribution in [0.3, 0.4) is 0 Å². The number of nitrogens with zero attached hydrogens (tertiary/aromatic N) is 2. The molecule has 0 spiro atoms. The van der Waals surface area contributed by atoms with Crippen LogP contribution in [0.1, 0.15) is 15.9 Å². The van der Waals surface area contributed by atoms with E-state index >= 15 is 0 Å². The number of imide groups is 1. The molecule has 4 aromatic carbocycles. The smallest absolute Gasteiger partial charge is 0.240 e. The zero-order valence-electron chi connectivity index (χ0n) is 19.6. The molecule has 3 aliphatic heterocycles. The highest BCUT2D eigenvalue weighted by Crippen LogP contribution is 2.50. The Labute approximate surface area is 222 Å². The second-order valence-corrected chi connectivity index (χ2v) is 10.6. The van der Waals surface area contributed by atoms with Gasteiger partial charge in [0.1, 0.15) is 6.04 Å². The molecule has 5 nitrogen and oxygen atoms in total. The molecular formula is C31H21BrN2O3. The molecule has 0 aromatic heterocycles. The first kappa shape index (κ1) is 22.2. The number of fused-ring (bicyclic) bond motifs is 6. The van der Waals surface area contributed by atoms with Crippen LogP contribution in [0.2, 0.25) is 0 Å². The number of halogens is 1. The molecule has 0 N–H and O–H groups in total. The van der Waals surface area contributed by atoms with Crippen molar-refractivity contribution in [3.63, 3.8) is 0 Å². The molecule has 0 saturated carbocycles. The quantitative estimate of drug-likeness (QED) is 0.237. The van der Waals surface area contributed by atoms with E-state index in [0.717, 1.165) is 26.5 Å². The fraction of sp³-hybridized carbons (Fsp3) is 0.129. The Hall–Kier alpha value is -4.03. The minimum atomic E-state index is -0.793. The fourth-order valence-corrected chi connectivity index (χ4v) is 6.50. The lowest BCUT2D eigenvalue weighted by molar-refractivity contribution is -0.122. The first-order valence-electron chi connectivity index (χ1n) is 12.3. The lowest BCUT2D eigenvalue weighted by atomic mass is 9.86. The number of Topliss-reactive ketones (excluding diaryl/α,β-unsaturated/α-hetero) is 1. The Morgan fingerprint density at radius 3 is 2.24 bits per heavy atom. The van der Waals surface area contributed by atoms with Crippen molar-refractivity contribution in [2.75, 3.05) is 9.80 Å². The first-order chi connectivity index (χ1) is 18.0. The number of carbonyl (C=O) groups is 3. The van der Waals surface area contributed by atoms with Crippen molar-refractivity contribution >= 4 is 61.8 Å². The highest BCUT2D eigenvalue weighted by Gasteiger charge is 2.64. The van der Waals surface area contributed by atoms with E-state index in [2.05, 4.69) is 15.9 Å². The second kappa shape index (κ2) is 8.25. The molecular weight excluding hydrogens is 528 g/mol. The molecule has 3 aliphatic rings. The summed E-state index contributed by atoms with van der Waals surface area (Å²) < 4.78 is 0.867. The summed E-state index contributed by atoms with van der Waals surface area (Å²) in [6.45, 7) is 0. The van der Waals surface area contributed by atoms with E-state index in [9.17, 15) is 14.4 Å². The summed E-state index contributed by atoms with van der Waals surface area (Å²) in [5.41, 5.74) is 2.93. The topological polar surface area (TPSA) is 57.7 Å². The van der Waals surface area contributed by atoms with Gasteiger partial charge in [-0.3, -0.25) is 14.4 Å². The predicted octanol–water partition coefficient (Wildman–Crippen LogP) is 5.88. The summed E-state index contributed by atoms with van der Waals surface area (Å²) in [5.74, 6) is -2.17. The summed E-state index contributed by atoms with van der Waals surface area (Å²) in [5, 5.41) is 1.79. The number of rotatable bonds is 3. The van der Waals surface area contributed by atoms with Crippen LogP contribution in [-0.4, -0.2) is 29.7 Å². The average Bonchev–Trinajstić information content (AvgIpc) is 3.41. The van der Waals surface area contributed by atoms with Crippen LogP contribution in [0.25, 0.3) is 16.8 Å². The van der Waals surface area contributed by atoms with Crippen molar-refractivity contribution in [3.8, 4) is 0 Å². The van der Waals surface area contributed by atoms with Crippen LogP contribution in [0, 0.1) is 11.8 Å². The van der Waals surface area contributed by atoms with Gasteiger partial charge in [-0.05, 0) is 35.2 Å². The third kappa shape index (κ3) is 3.18. The van der Waals surface area contributed by atoms with E-state index in [-0.39, 0.29) is 23.6 Å². The SMILES string of the molecule is O=C(c1ccc(Br)cc1)[C@@H]1[C@@H]2C(=O)N(c3cccc4ccccc34)C(=O)[C@H]2[C@H]2C=Cc3ccccc3N21. The second-order valence-electron chi connectivity index (χ2n) is 9.69. The highest BCUT2D eigenvalue weighted by atomic mass is 79.9. The number of ketones is 1. The van der Waals surface area contributed by atoms with Gasteiger partial charge in [-0.1, -0.05) is 94.8 Å². The van der Waals surface area contributed by atoms with Crippen LogP contribution in [0.15, 0.2) is 102 Å². The lowest BCUT2D eigenvalue weighted by Gasteiger charge is -2.36. The standard InChI is InChI=1S/C31H21BrN2O3/c32-21-15-12-20(13-16-21)29(35)28-27-26(25-17-14-19-7-2-4-10-23(19)33(25)28)30(36)34(31(27)37)24-11-5-8-18-6-1-3-9-22(18)24/h1-17,25-28H/t25-,26+,27-,28+/m1/s1. The molecule has 2 fully saturated rings. The molecule has 2 amide bonds. The van der Waals surface area contributed by atoms with E-state index in [4.69, 9.17) is 0 Å². The number of anilines is 2. The van der Waals surface area contributed by atoms with Gasteiger partial charge in [-0.25, -0.2) is 4.90 Å². The normalized spacial score (nSPS) is 23.8. The third-order valence-corrected chi connectivity index (χ3v) is 8.35. The molecule has 3 heterocycles. The molecule has 2 saturated heterocycles. The third-order valence-electron chi connectivity index (χ3n) is 7.82. The Morgan fingerprint density at radius 2 is 1.41 bits per heavy atom. The van der Waals surface area contributed by atoms with Crippen LogP contribution >= 0.6 is 15.9 Å². The van der Waals surface area contributed by atoms with Crippen molar-refractivity contribution in [2.45, 2.75) is 12.1 Å². The Morgan fingerprint density at radius 1 is 0.730 bits per heavy atom. The van der Waals surface area contributed by atoms with Crippen molar-refractivity contribution in [1.82, 2.24) is 0 Å². The number of hydrogen-bond acceptors (Lipinski definition) is 4. The molecule has 7 rings (SSSR count). The van der Waals surface area contributed by atoms with Crippen molar-refractivity contribution in [3.05, 3.63) is 113 Å². The minimum Gasteiger partial charge on any atom is -0.352 e. The lowest BCUT2D eigenvalue weighted by Crippen LogP contribution is -2.48. The Kier molecular flexibility index (Phi) is 4.95. The molecule has 180 valence electrons. The molecule has 0 bridgehead atoms. The van der Waals surface area contributed by atoms with E-state index in [1.165, 1.54) is 4.90 Å². The maximum absolute atomic E-state index is 14.2. The van der Waals surface area contributed by atoms with Gasteiger partial charge in [0.2, 0.25) is 11.8 Å². The number of para-hydroxylation sites is 1. The summed E-state index contributed by atoms with van der Waals surface area (Å²) in [6, 6.07) is 27.2. The zero-order valence-corrected chi connectivity index (χ0v) is 21.2. The summed E-state index contributed by atoms with van der Waals surface area (Å²) in [6.07, 6.45) is 3.98. The maximum atomic E-state index is 14.2.